The molecule has 1 aliphatic rings. The van der Waals surface area contributed by atoms with E-state index in [0.717, 1.165) is 6.54 Å². The van der Waals surface area contributed by atoms with E-state index in [1.165, 1.54) is 12.3 Å². The molecule has 0 unspecified atom stereocenters. The van der Waals surface area contributed by atoms with Crippen LogP contribution in [0.25, 0.3) is 0 Å². The van der Waals surface area contributed by atoms with Crippen LogP contribution in [0.3, 0.4) is 0 Å². The van der Waals surface area contributed by atoms with Gasteiger partial charge in [0, 0.05) is 19.3 Å². The van der Waals surface area contributed by atoms with E-state index in [2.05, 4.69) is 10.3 Å². The van der Waals surface area contributed by atoms with E-state index in [1.54, 1.807) is 0 Å². The molecule has 2 heterocycles. The third-order valence-electron chi connectivity index (χ3n) is 3.61. The van der Waals surface area contributed by atoms with E-state index in [-0.39, 0.29) is 23.1 Å². The molecule has 0 aromatic carbocycles. The van der Waals surface area contributed by atoms with Crippen molar-refractivity contribution in [3.63, 3.8) is 0 Å². The summed E-state index contributed by atoms with van der Waals surface area (Å²) in [6.07, 6.45) is 1.84. The van der Waals surface area contributed by atoms with E-state index in [0.29, 0.717) is 31.8 Å². The van der Waals surface area contributed by atoms with Crippen LogP contribution in [0.15, 0.2) is 17.1 Å². The predicted octanol–water partition coefficient (Wildman–Crippen LogP) is 0.494. The number of rotatable bonds is 6. The number of pyridine rings is 1. The topological polar surface area (TPSA) is 83.7 Å². The summed E-state index contributed by atoms with van der Waals surface area (Å²) in [5.41, 5.74) is -0.104. The Morgan fingerprint density at radius 1 is 1.57 bits per heavy atom. The number of nitrogens with zero attached hydrogens (tertiary/aromatic N) is 1. The van der Waals surface area contributed by atoms with Crippen molar-refractivity contribution < 1.29 is 14.3 Å². The summed E-state index contributed by atoms with van der Waals surface area (Å²) >= 11 is 5.75. The Bertz CT molecular complexity index is 590. The fraction of sp³-hybridized carbons (Fsp3) is 0.600. The molecule has 128 valence electrons. The lowest BCUT2D eigenvalue weighted by atomic mass is 10.1. The SMILES string of the molecule is CN(C)CCO[C@@H]1COCC[C@H]1NC(=O)c1c[nH]c(=O)c(Cl)c1. The summed E-state index contributed by atoms with van der Waals surface area (Å²) in [6.45, 7) is 2.39. The molecule has 2 N–H and O–H groups in total. The molecule has 1 fully saturated rings. The molecule has 0 aliphatic carbocycles. The number of carbonyl (C=O) groups excluding carboxylic acids is 1. The van der Waals surface area contributed by atoms with Crippen LogP contribution >= 0.6 is 11.6 Å². The van der Waals surface area contributed by atoms with E-state index in [9.17, 15) is 9.59 Å². The van der Waals surface area contributed by atoms with E-state index < -0.39 is 5.56 Å². The number of halogens is 1. The summed E-state index contributed by atoms with van der Waals surface area (Å²) in [7, 11) is 3.94. The highest BCUT2D eigenvalue weighted by atomic mass is 35.5. The minimum atomic E-state index is -0.417. The molecule has 0 spiro atoms. The normalized spacial score (nSPS) is 21.4. The van der Waals surface area contributed by atoms with Crippen molar-refractivity contribution in [2.24, 2.45) is 0 Å². The highest BCUT2D eigenvalue weighted by Crippen LogP contribution is 2.13. The molecule has 0 radical (unpaired) electrons. The van der Waals surface area contributed by atoms with Crippen molar-refractivity contribution in [2.75, 3.05) is 40.5 Å². The maximum atomic E-state index is 12.3. The number of hydrogen-bond acceptors (Lipinski definition) is 5. The average molecular weight is 344 g/mol. The number of aromatic nitrogens is 1. The maximum Gasteiger partial charge on any atom is 0.266 e. The smallest absolute Gasteiger partial charge is 0.266 e. The molecule has 1 amide bonds. The molecular weight excluding hydrogens is 322 g/mol. The van der Waals surface area contributed by atoms with Crippen LogP contribution in [0.1, 0.15) is 16.8 Å². The van der Waals surface area contributed by atoms with Crippen LogP contribution in [-0.2, 0) is 9.47 Å². The average Bonchev–Trinajstić information content (AvgIpc) is 2.51. The van der Waals surface area contributed by atoms with Crippen molar-refractivity contribution >= 4 is 17.5 Å². The number of likely N-dealkylation sites (N-methyl/N-ethyl adjacent to an activating group) is 1. The van der Waals surface area contributed by atoms with Crippen LogP contribution in [0.5, 0.6) is 0 Å². The van der Waals surface area contributed by atoms with Gasteiger partial charge in [0.1, 0.15) is 11.1 Å². The van der Waals surface area contributed by atoms with Crippen LogP contribution in [0, 0.1) is 0 Å². The first kappa shape index (κ1) is 17.9. The Balaban J connectivity index is 1.96. The van der Waals surface area contributed by atoms with Gasteiger partial charge in [-0.05, 0) is 26.6 Å². The summed E-state index contributed by atoms with van der Waals surface area (Å²) in [6, 6.07) is 1.22. The number of carbonyl (C=O) groups is 1. The minimum absolute atomic E-state index is 0.0107. The molecule has 7 nitrogen and oxygen atoms in total. The number of amides is 1. The molecule has 1 saturated heterocycles. The van der Waals surface area contributed by atoms with Crippen LogP contribution in [-0.4, -0.2) is 68.4 Å². The molecule has 1 aliphatic heterocycles. The fourth-order valence-corrected chi connectivity index (χ4v) is 2.44. The van der Waals surface area contributed by atoms with Gasteiger partial charge in [0.25, 0.3) is 11.5 Å². The van der Waals surface area contributed by atoms with Crippen molar-refractivity contribution in [1.82, 2.24) is 15.2 Å². The van der Waals surface area contributed by atoms with Gasteiger partial charge in [-0.1, -0.05) is 11.6 Å². The van der Waals surface area contributed by atoms with Gasteiger partial charge in [-0.2, -0.15) is 0 Å². The Labute approximate surface area is 139 Å². The zero-order chi connectivity index (χ0) is 16.8. The number of aromatic amines is 1. The van der Waals surface area contributed by atoms with Gasteiger partial charge in [0.15, 0.2) is 0 Å². The number of ether oxygens (including phenoxy) is 2. The van der Waals surface area contributed by atoms with Crippen LogP contribution < -0.4 is 10.9 Å². The van der Waals surface area contributed by atoms with Crippen molar-refractivity contribution in [3.8, 4) is 0 Å². The molecule has 8 heteroatoms. The molecule has 0 bridgehead atoms. The molecule has 23 heavy (non-hydrogen) atoms. The summed E-state index contributed by atoms with van der Waals surface area (Å²) in [4.78, 5) is 28.0. The third kappa shape index (κ3) is 5.31. The van der Waals surface area contributed by atoms with Crippen molar-refractivity contribution in [1.29, 1.82) is 0 Å². The number of nitrogens with one attached hydrogen (secondary N) is 2. The van der Waals surface area contributed by atoms with Gasteiger partial charge < -0.3 is 24.7 Å². The Hall–Kier alpha value is -1.41. The lowest BCUT2D eigenvalue weighted by molar-refractivity contribution is -0.0690. The monoisotopic (exact) mass is 343 g/mol. The Kier molecular flexibility index (Phi) is 6.59. The number of hydrogen-bond donors (Lipinski definition) is 2. The maximum absolute atomic E-state index is 12.3. The molecule has 1 aromatic rings. The zero-order valence-corrected chi connectivity index (χ0v) is 14.1. The first-order chi connectivity index (χ1) is 11.0. The standard InChI is InChI=1S/C15H22ClN3O4/c1-19(2)4-6-23-13-9-22-5-3-12(13)18-14(20)10-7-11(16)15(21)17-8-10/h7-8,12-13H,3-6,9H2,1-2H3,(H,17,21)(H,18,20)/t12-,13-/m1/s1. The van der Waals surface area contributed by atoms with E-state index >= 15 is 0 Å². The zero-order valence-electron chi connectivity index (χ0n) is 13.3. The summed E-state index contributed by atoms with van der Waals surface area (Å²) < 4.78 is 11.3. The first-order valence-electron chi connectivity index (χ1n) is 7.50. The third-order valence-corrected chi connectivity index (χ3v) is 3.89. The first-order valence-corrected chi connectivity index (χ1v) is 7.88. The van der Waals surface area contributed by atoms with Gasteiger partial charge in [-0.15, -0.1) is 0 Å². The van der Waals surface area contributed by atoms with Gasteiger partial charge in [-0.3, -0.25) is 9.59 Å². The second-order valence-electron chi connectivity index (χ2n) is 5.72. The predicted molar refractivity (Wildman–Crippen MR) is 87.1 cm³/mol. The second kappa shape index (κ2) is 8.44. The minimum Gasteiger partial charge on any atom is -0.379 e. The molecular formula is C15H22ClN3O4. The van der Waals surface area contributed by atoms with Crippen molar-refractivity contribution in [2.45, 2.75) is 18.6 Å². The fourth-order valence-electron chi connectivity index (χ4n) is 2.27. The molecule has 2 atom stereocenters. The van der Waals surface area contributed by atoms with Gasteiger partial charge >= 0.3 is 0 Å². The highest BCUT2D eigenvalue weighted by molar-refractivity contribution is 6.30. The van der Waals surface area contributed by atoms with Gasteiger partial charge in [0.2, 0.25) is 0 Å². The lowest BCUT2D eigenvalue weighted by Crippen LogP contribution is -2.50. The van der Waals surface area contributed by atoms with Crippen LogP contribution in [0.2, 0.25) is 5.02 Å². The quantitative estimate of drug-likeness (QED) is 0.785. The molecule has 2 rings (SSSR count). The van der Waals surface area contributed by atoms with E-state index in [1.807, 2.05) is 19.0 Å². The van der Waals surface area contributed by atoms with Gasteiger partial charge in [-0.25, -0.2) is 0 Å². The Morgan fingerprint density at radius 2 is 2.35 bits per heavy atom. The van der Waals surface area contributed by atoms with E-state index in [4.69, 9.17) is 21.1 Å². The lowest BCUT2D eigenvalue weighted by Gasteiger charge is -2.32. The summed E-state index contributed by atoms with van der Waals surface area (Å²) in [5, 5.41) is 2.92. The Morgan fingerprint density at radius 3 is 3.04 bits per heavy atom. The van der Waals surface area contributed by atoms with Crippen molar-refractivity contribution in [3.05, 3.63) is 33.2 Å². The largest absolute Gasteiger partial charge is 0.379 e. The van der Waals surface area contributed by atoms with Gasteiger partial charge in [0.05, 0.1) is 24.8 Å². The molecule has 1 aromatic heterocycles. The number of H-pyrrole nitrogens is 1. The second-order valence-corrected chi connectivity index (χ2v) is 6.13. The highest BCUT2D eigenvalue weighted by Gasteiger charge is 2.28. The molecule has 0 saturated carbocycles. The summed E-state index contributed by atoms with van der Waals surface area (Å²) in [5.74, 6) is -0.295. The van der Waals surface area contributed by atoms with Crippen LogP contribution in [0.4, 0.5) is 0 Å².